The molecular weight excluding hydrogens is 324 g/mol. The summed E-state index contributed by atoms with van der Waals surface area (Å²) in [5.41, 5.74) is 2.93. The summed E-state index contributed by atoms with van der Waals surface area (Å²) in [5, 5.41) is 3.06. The molecule has 1 fully saturated rings. The SMILES string of the molecule is COc1ccccc1[C@H](C)NC(=O)c1ccc(CN2CCCCC2)cc1. The van der Waals surface area contributed by atoms with E-state index in [9.17, 15) is 4.79 Å². The number of likely N-dealkylation sites (tertiary alicyclic amines) is 1. The zero-order valence-corrected chi connectivity index (χ0v) is 15.7. The Morgan fingerprint density at radius 3 is 2.46 bits per heavy atom. The Balaban J connectivity index is 1.60. The molecule has 138 valence electrons. The number of carbonyl (C=O) groups excluding carboxylic acids is 1. The van der Waals surface area contributed by atoms with Crippen LogP contribution in [0.2, 0.25) is 0 Å². The second-order valence-electron chi connectivity index (χ2n) is 6.97. The zero-order chi connectivity index (χ0) is 18.4. The van der Waals surface area contributed by atoms with Crippen LogP contribution in [0.3, 0.4) is 0 Å². The van der Waals surface area contributed by atoms with Crippen molar-refractivity contribution in [1.82, 2.24) is 10.2 Å². The van der Waals surface area contributed by atoms with E-state index < -0.39 is 0 Å². The molecule has 0 aliphatic carbocycles. The van der Waals surface area contributed by atoms with Crippen LogP contribution in [-0.4, -0.2) is 31.0 Å². The van der Waals surface area contributed by atoms with Crippen molar-refractivity contribution in [3.8, 4) is 5.75 Å². The van der Waals surface area contributed by atoms with Crippen molar-refractivity contribution in [1.29, 1.82) is 0 Å². The highest BCUT2D eigenvalue weighted by Gasteiger charge is 2.15. The van der Waals surface area contributed by atoms with Crippen LogP contribution in [0.1, 0.15) is 53.7 Å². The number of benzene rings is 2. The molecule has 4 nitrogen and oxygen atoms in total. The van der Waals surface area contributed by atoms with Crippen LogP contribution >= 0.6 is 0 Å². The number of hydrogen-bond acceptors (Lipinski definition) is 3. The number of nitrogens with one attached hydrogen (secondary N) is 1. The van der Waals surface area contributed by atoms with E-state index in [0.29, 0.717) is 5.56 Å². The van der Waals surface area contributed by atoms with E-state index in [-0.39, 0.29) is 11.9 Å². The van der Waals surface area contributed by atoms with Crippen molar-refractivity contribution in [2.24, 2.45) is 0 Å². The number of nitrogens with zero attached hydrogens (tertiary/aromatic N) is 1. The maximum Gasteiger partial charge on any atom is 0.251 e. The molecule has 1 heterocycles. The molecule has 0 unspecified atom stereocenters. The van der Waals surface area contributed by atoms with E-state index in [1.54, 1.807) is 7.11 Å². The number of ether oxygens (including phenoxy) is 1. The van der Waals surface area contributed by atoms with Crippen molar-refractivity contribution < 1.29 is 9.53 Å². The highest BCUT2D eigenvalue weighted by atomic mass is 16.5. The highest BCUT2D eigenvalue weighted by Crippen LogP contribution is 2.24. The van der Waals surface area contributed by atoms with Crippen molar-refractivity contribution in [3.05, 3.63) is 65.2 Å². The number of hydrogen-bond donors (Lipinski definition) is 1. The molecule has 2 aromatic carbocycles. The molecule has 0 spiro atoms. The molecule has 0 aromatic heterocycles. The molecule has 4 heteroatoms. The monoisotopic (exact) mass is 352 g/mol. The maximum absolute atomic E-state index is 12.6. The van der Waals surface area contributed by atoms with E-state index in [1.807, 2.05) is 43.3 Å². The molecule has 0 radical (unpaired) electrons. The second kappa shape index (κ2) is 8.86. The minimum absolute atomic E-state index is 0.0621. The zero-order valence-electron chi connectivity index (χ0n) is 15.7. The van der Waals surface area contributed by atoms with Gasteiger partial charge in [0.1, 0.15) is 5.75 Å². The molecule has 1 saturated heterocycles. The summed E-state index contributed by atoms with van der Waals surface area (Å²) >= 11 is 0. The molecule has 1 atom stereocenters. The van der Waals surface area contributed by atoms with Gasteiger partial charge in [0.2, 0.25) is 0 Å². The summed E-state index contributed by atoms with van der Waals surface area (Å²) in [6, 6.07) is 15.6. The van der Waals surface area contributed by atoms with E-state index in [1.165, 1.54) is 37.9 Å². The van der Waals surface area contributed by atoms with Gasteiger partial charge in [-0.15, -0.1) is 0 Å². The average molecular weight is 352 g/mol. The van der Waals surface area contributed by atoms with Crippen molar-refractivity contribution in [3.63, 3.8) is 0 Å². The molecule has 2 aromatic rings. The van der Waals surface area contributed by atoms with Crippen LogP contribution in [0, 0.1) is 0 Å². The van der Waals surface area contributed by atoms with Gasteiger partial charge in [-0.3, -0.25) is 9.69 Å². The van der Waals surface area contributed by atoms with Gasteiger partial charge in [0, 0.05) is 17.7 Å². The Kier molecular flexibility index (Phi) is 6.29. The molecule has 3 rings (SSSR count). The van der Waals surface area contributed by atoms with E-state index in [4.69, 9.17) is 4.74 Å². The Morgan fingerprint density at radius 2 is 1.77 bits per heavy atom. The number of para-hydroxylation sites is 1. The summed E-state index contributed by atoms with van der Waals surface area (Å²) in [6.45, 7) is 5.30. The number of amides is 1. The van der Waals surface area contributed by atoms with Crippen molar-refractivity contribution in [2.45, 2.75) is 38.8 Å². The highest BCUT2D eigenvalue weighted by molar-refractivity contribution is 5.94. The van der Waals surface area contributed by atoms with Crippen LogP contribution < -0.4 is 10.1 Å². The number of rotatable bonds is 6. The first-order valence-corrected chi connectivity index (χ1v) is 9.42. The Labute approximate surface area is 156 Å². The molecule has 1 amide bonds. The molecule has 1 aliphatic heterocycles. The summed E-state index contributed by atoms with van der Waals surface area (Å²) < 4.78 is 5.39. The third kappa shape index (κ3) is 4.64. The van der Waals surface area contributed by atoms with E-state index in [2.05, 4.69) is 22.3 Å². The van der Waals surface area contributed by atoms with Crippen LogP contribution in [0.5, 0.6) is 5.75 Å². The fourth-order valence-corrected chi connectivity index (χ4v) is 3.52. The second-order valence-corrected chi connectivity index (χ2v) is 6.97. The standard InChI is InChI=1S/C22H28N2O2/c1-17(20-8-4-5-9-21(20)26-2)23-22(25)19-12-10-18(11-13-19)16-24-14-6-3-7-15-24/h4-5,8-13,17H,3,6-7,14-16H2,1-2H3,(H,23,25)/t17-/m0/s1. The molecular formula is C22H28N2O2. The predicted molar refractivity (Wildman–Crippen MR) is 104 cm³/mol. The number of methoxy groups -OCH3 is 1. The number of piperidine rings is 1. The normalized spacial score (nSPS) is 16.1. The van der Waals surface area contributed by atoms with E-state index >= 15 is 0 Å². The van der Waals surface area contributed by atoms with Gasteiger partial charge in [0.25, 0.3) is 5.91 Å². The Morgan fingerprint density at radius 1 is 1.08 bits per heavy atom. The van der Waals surface area contributed by atoms with Crippen LogP contribution in [0.25, 0.3) is 0 Å². The average Bonchev–Trinajstić information content (AvgIpc) is 2.69. The minimum atomic E-state index is -0.119. The van der Waals surface area contributed by atoms with Crippen LogP contribution in [-0.2, 0) is 6.54 Å². The fraction of sp³-hybridized carbons (Fsp3) is 0.409. The molecule has 26 heavy (non-hydrogen) atoms. The summed E-state index contributed by atoms with van der Waals surface area (Å²) in [6.07, 6.45) is 3.93. The smallest absolute Gasteiger partial charge is 0.251 e. The van der Waals surface area contributed by atoms with Gasteiger partial charge in [-0.2, -0.15) is 0 Å². The van der Waals surface area contributed by atoms with Crippen LogP contribution in [0.15, 0.2) is 48.5 Å². The van der Waals surface area contributed by atoms with Gasteiger partial charge >= 0.3 is 0 Å². The maximum atomic E-state index is 12.6. The summed E-state index contributed by atoms with van der Waals surface area (Å²) in [7, 11) is 1.65. The first-order chi connectivity index (χ1) is 12.7. The number of carbonyl (C=O) groups is 1. The Hall–Kier alpha value is -2.33. The van der Waals surface area contributed by atoms with E-state index in [0.717, 1.165) is 17.9 Å². The van der Waals surface area contributed by atoms with Gasteiger partial charge in [-0.1, -0.05) is 36.8 Å². The van der Waals surface area contributed by atoms with Gasteiger partial charge in [0.15, 0.2) is 0 Å². The lowest BCUT2D eigenvalue weighted by Gasteiger charge is -2.26. The van der Waals surface area contributed by atoms with Crippen LogP contribution in [0.4, 0.5) is 0 Å². The quantitative estimate of drug-likeness (QED) is 0.848. The summed E-state index contributed by atoms with van der Waals surface area (Å²) in [4.78, 5) is 15.1. The molecule has 0 bridgehead atoms. The predicted octanol–water partition coefficient (Wildman–Crippen LogP) is 4.17. The van der Waals surface area contributed by atoms with Gasteiger partial charge < -0.3 is 10.1 Å². The Bertz CT molecular complexity index is 721. The first-order valence-electron chi connectivity index (χ1n) is 9.42. The van der Waals surface area contributed by atoms with Gasteiger partial charge in [-0.05, 0) is 56.6 Å². The molecule has 0 saturated carbocycles. The summed E-state index contributed by atoms with van der Waals surface area (Å²) in [5.74, 6) is 0.727. The van der Waals surface area contributed by atoms with Gasteiger partial charge in [-0.25, -0.2) is 0 Å². The lowest BCUT2D eigenvalue weighted by atomic mass is 10.1. The van der Waals surface area contributed by atoms with Crippen molar-refractivity contribution in [2.75, 3.05) is 20.2 Å². The first kappa shape index (κ1) is 18.5. The lowest BCUT2D eigenvalue weighted by Crippen LogP contribution is -2.29. The molecule has 1 aliphatic rings. The fourth-order valence-electron chi connectivity index (χ4n) is 3.52. The van der Waals surface area contributed by atoms with Gasteiger partial charge in [0.05, 0.1) is 13.2 Å². The van der Waals surface area contributed by atoms with Crippen molar-refractivity contribution >= 4 is 5.91 Å². The third-order valence-corrected chi connectivity index (χ3v) is 5.02. The largest absolute Gasteiger partial charge is 0.496 e. The minimum Gasteiger partial charge on any atom is -0.496 e. The molecule has 1 N–H and O–H groups in total. The topological polar surface area (TPSA) is 41.6 Å². The third-order valence-electron chi connectivity index (χ3n) is 5.02. The lowest BCUT2D eigenvalue weighted by molar-refractivity contribution is 0.0939.